The van der Waals surface area contributed by atoms with Crippen molar-refractivity contribution in [2.24, 2.45) is 4.99 Å². The lowest BCUT2D eigenvalue weighted by molar-refractivity contribution is 0.611. The molecule has 1 aromatic carbocycles. The zero-order valence-corrected chi connectivity index (χ0v) is 14.0. The molecule has 1 atom stereocenters. The molecule has 2 rings (SSSR count). The molecule has 0 spiro atoms. The van der Waals surface area contributed by atoms with Gasteiger partial charge in [0.05, 0.1) is 0 Å². The third-order valence-corrected chi connectivity index (χ3v) is 4.93. The maximum Gasteiger partial charge on any atom is 0.156 e. The standard InChI is InChI=1S/C18H28N2S/c1-2-3-4-5-6-10-13-19-18-20-17(15-21-18)14-16-11-8-7-9-12-16/h7-9,11-12,17H,2-6,10,13-15H2,1H3,(H,19,20). The number of aliphatic imine (C=N–C) groups is 1. The SMILES string of the molecule is CCCCCCCCN=C1NC(Cc2ccccc2)CS1. The molecule has 116 valence electrons. The van der Waals surface area contributed by atoms with Gasteiger partial charge in [-0.1, -0.05) is 81.1 Å². The Morgan fingerprint density at radius 2 is 1.86 bits per heavy atom. The van der Waals surface area contributed by atoms with Gasteiger partial charge in [-0.3, -0.25) is 4.99 Å². The van der Waals surface area contributed by atoms with E-state index in [1.54, 1.807) is 0 Å². The van der Waals surface area contributed by atoms with Gasteiger partial charge in [-0.2, -0.15) is 0 Å². The minimum absolute atomic E-state index is 0.542. The molecule has 1 aliphatic heterocycles. The van der Waals surface area contributed by atoms with Gasteiger partial charge in [0.2, 0.25) is 0 Å². The molecule has 0 bridgehead atoms. The number of amidine groups is 1. The molecular weight excluding hydrogens is 276 g/mol. The van der Waals surface area contributed by atoms with Crippen molar-refractivity contribution in [3.63, 3.8) is 0 Å². The number of nitrogens with zero attached hydrogens (tertiary/aromatic N) is 1. The summed E-state index contributed by atoms with van der Waals surface area (Å²) in [5.41, 5.74) is 1.41. The summed E-state index contributed by atoms with van der Waals surface area (Å²) < 4.78 is 0. The van der Waals surface area contributed by atoms with Crippen molar-refractivity contribution in [1.82, 2.24) is 5.32 Å². The van der Waals surface area contributed by atoms with Gasteiger partial charge in [0.1, 0.15) is 0 Å². The number of rotatable bonds is 9. The zero-order chi connectivity index (χ0) is 14.8. The van der Waals surface area contributed by atoms with Crippen LogP contribution in [-0.4, -0.2) is 23.5 Å². The Labute approximate surface area is 133 Å². The summed E-state index contributed by atoms with van der Waals surface area (Å²) in [7, 11) is 0. The Morgan fingerprint density at radius 3 is 2.67 bits per heavy atom. The molecule has 1 unspecified atom stereocenters. The number of unbranched alkanes of at least 4 members (excludes halogenated alkanes) is 5. The molecule has 0 aliphatic carbocycles. The molecule has 1 saturated heterocycles. The van der Waals surface area contributed by atoms with E-state index in [0.717, 1.165) is 23.9 Å². The Morgan fingerprint density at radius 1 is 1.10 bits per heavy atom. The summed E-state index contributed by atoms with van der Waals surface area (Å²) in [5.74, 6) is 1.14. The van der Waals surface area contributed by atoms with E-state index in [0.29, 0.717) is 6.04 Å². The highest BCUT2D eigenvalue weighted by atomic mass is 32.2. The summed E-state index contributed by atoms with van der Waals surface area (Å²) in [6.07, 6.45) is 9.13. The Bertz CT molecular complexity index is 416. The molecule has 0 amide bonds. The van der Waals surface area contributed by atoms with E-state index >= 15 is 0 Å². The summed E-state index contributed by atoms with van der Waals surface area (Å²) >= 11 is 1.88. The van der Waals surface area contributed by atoms with Crippen molar-refractivity contribution in [1.29, 1.82) is 0 Å². The second kappa shape index (κ2) is 9.88. The van der Waals surface area contributed by atoms with E-state index in [1.807, 2.05) is 11.8 Å². The number of nitrogens with one attached hydrogen (secondary N) is 1. The van der Waals surface area contributed by atoms with E-state index < -0.39 is 0 Å². The molecule has 3 heteroatoms. The fraction of sp³-hybridized carbons (Fsp3) is 0.611. The maximum atomic E-state index is 4.70. The number of hydrogen-bond acceptors (Lipinski definition) is 2. The normalized spacial score (nSPS) is 19.9. The first-order chi connectivity index (χ1) is 10.4. The molecule has 1 heterocycles. The van der Waals surface area contributed by atoms with E-state index in [1.165, 1.54) is 44.1 Å². The quantitative estimate of drug-likeness (QED) is 0.672. The van der Waals surface area contributed by atoms with Crippen LogP contribution in [0.3, 0.4) is 0 Å². The molecule has 0 saturated carbocycles. The summed E-state index contributed by atoms with van der Waals surface area (Å²) in [6.45, 7) is 3.25. The van der Waals surface area contributed by atoms with Gasteiger partial charge >= 0.3 is 0 Å². The molecule has 0 radical (unpaired) electrons. The Hall–Kier alpha value is -0.960. The summed E-state index contributed by atoms with van der Waals surface area (Å²) in [5, 5.41) is 4.72. The van der Waals surface area contributed by atoms with E-state index in [9.17, 15) is 0 Å². The molecule has 21 heavy (non-hydrogen) atoms. The first kappa shape index (κ1) is 16.4. The van der Waals surface area contributed by atoms with Crippen LogP contribution in [0.1, 0.15) is 51.0 Å². The van der Waals surface area contributed by atoms with Gasteiger partial charge in [-0.05, 0) is 18.4 Å². The van der Waals surface area contributed by atoms with E-state index in [4.69, 9.17) is 4.99 Å². The lowest BCUT2D eigenvalue weighted by atomic mass is 10.1. The predicted octanol–water partition coefficient (Wildman–Crippen LogP) is 4.65. The minimum Gasteiger partial charge on any atom is -0.361 e. The second-order valence-electron chi connectivity index (χ2n) is 5.80. The fourth-order valence-electron chi connectivity index (χ4n) is 2.61. The van der Waals surface area contributed by atoms with Gasteiger partial charge in [-0.25, -0.2) is 0 Å². The largest absolute Gasteiger partial charge is 0.361 e. The molecule has 0 aromatic heterocycles. The van der Waals surface area contributed by atoms with Gasteiger partial charge in [-0.15, -0.1) is 0 Å². The van der Waals surface area contributed by atoms with Crippen LogP contribution in [0.15, 0.2) is 35.3 Å². The Balaban J connectivity index is 1.60. The van der Waals surface area contributed by atoms with Crippen molar-refractivity contribution >= 4 is 16.9 Å². The number of hydrogen-bond donors (Lipinski definition) is 1. The molecule has 1 aromatic rings. The highest BCUT2D eigenvalue weighted by Gasteiger charge is 2.19. The average molecular weight is 305 g/mol. The fourth-order valence-corrected chi connectivity index (χ4v) is 3.60. The third-order valence-electron chi connectivity index (χ3n) is 3.84. The maximum absolute atomic E-state index is 4.70. The van der Waals surface area contributed by atoms with Crippen molar-refractivity contribution in [2.45, 2.75) is 57.9 Å². The zero-order valence-electron chi connectivity index (χ0n) is 13.2. The average Bonchev–Trinajstić information content (AvgIpc) is 2.95. The van der Waals surface area contributed by atoms with Gasteiger partial charge in [0.15, 0.2) is 5.17 Å². The predicted molar refractivity (Wildman–Crippen MR) is 95.2 cm³/mol. The molecule has 1 aliphatic rings. The van der Waals surface area contributed by atoms with Gasteiger partial charge in [0, 0.05) is 18.3 Å². The minimum atomic E-state index is 0.542. The number of benzene rings is 1. The first-order valence-corrected chi connectivity index (χ1v) is 9.34. The molecule has 1 fully saturated rings. The summed E-state index contributed by atoms with van der Waals surface area (Å²) in [6, 6.07) is 11.3. The van der Waals surface area contributed by atoms with Crippen LogP contribution in [-0.2, 0) is 6.42 Å². The van der Waals surface area contributed by atoms with Crippen LogP contribution >= 0.6 is 11.8 Å². The summed E-state index contributed by atoms with van der Waals surface area (Å²) in [4.78, 5) is 4.70. The van der Waals surface area contributed by atoms with E-state index in [2.05, 4.69) is 42.6 Å². The van der Waals surface area contributed by atoms with Crippen LogP contribution in [0.5, 0.6) is 0 Å². The Kier molecular flexibility index (Phi) is 7.72. The smallest absolute Gasteiger partial charge is 0.156 e. The van der Waals surface area contributed by atoms with Crippen molar-refractivity contribution in [2.75, 3.05) is 12.3 Å². The lowest BCUT2D eigenvalue weighted by Crippen LogP contribution is -2.29. The van der Waals surface area contributed by atoms with Crippen LogP contribution < -0.4 is 5.32 Å². The second-order valence-corrected chi connectivity index (χ2v) is 6.81. The van der Waals surface area contributed by atoms with Crippen molar-refractivity contribution in [3.05, 3.63) is 35.9 Å². The van der Waals surface area contributed by atoms with Crippen LogP contribution in [0.25, 0.3) is 0 Å². The van der Waals surface area contributed by atoms with Crippen molar-refractivity contribution in [3.8, 4) is 0 Å². The van der Waals surface area contributed by atoms with E-state index in [-0.39, 0.29) is 0 Å². The van der Waals surface area contributed by atoms with Crippen LogP contribution in [0.4, 0.5) is 0 Å². The van der Waals surface area contributed by atoms with Gasteiger partial charge in [0.25, 0.3) is 0 Å². The molecular formula is C18H28N2S. The monoisotopic (exact) mass is 304 g/mol. The molecule has 2 nitrogen and oxygen atoms in total. The molecule has 1 N–H and O–H groups in total. The van der Waals surface area contributed by atoms with Crippen molar-refractivity contribution < 1.29 is 0 Å². The lowest BCUT2D eigenvalue weighted by Gasteiger charge is -2.09. The topological polar surface area (TPSA) is 24.4 Å². The number of thioether (sulfide) groups is 1. The highest BCUT2D eigenvalue weighted by Crippen LogP contribution is 2.17. The van der Waals surface area contributed by atoms with Crippen LogP contribution in [0.2, 0.25) is 0 Å². The first-order valence-electron chi connectivity index (χ1n) is 8.36. The van der Waals surface area contributed by atoms with Crippen LogP contribution in [0, 0.1) is 0 Å². The van der Waals surface area contributed by atoms with Gasteiger partial charge < -0.3 is 5.32 Å². The highest BCUT2D eigenvalue weighted by molar-refractivity contribution is 8.14. The third kappa shape index (κ3) is 6.56.